The summed E-state index contributed by atoms with van der Waals surface area (Å²) in [6.45, 7) is 0.441. The van der Waals surface area contributed by atoms with E-state index in [9.17, 15) is 0 Å². The molecule has 0 saturated heterocycles. The van der Waals surface area contributed by atoms with Crippen molar-refractivity contribution in [2.75, 3.05) is 12.4 Å². The molecule has 21 heavy (non-hydrogen) atoms. The molecular weight excluding hydrogens is 331 g/mol. The van der Waals surface area contributed by atoms with Gasteiger partial charge in [-0.15, -0.1) is 0 Å². The van der Waals surface area contributed by atoms with E-state index in [4.69, 9.17) is 44.8 Å². The molecule has 2 aromatic rings. The van der Waals surface area contributed by atoms with Gasteiger partial charge in [-0.2, -0.15) is 5.26 Å². The summed E-state index contributed by atoms with van der Waals surface area (Å²) in [4.78, 5) is 0. The monoisotopic (exact) mass is 340 g/mol. The van der Waals surface area contributed by atoms with Crippen molar-refractivity contribution >= 4 is 40.5 Å². The third-order valence-electron chi connectivity index (χ3n) is 2.89. The molecule has 0 heterocycles. The van der Waals surface area contributed by atoms with E-state index >= 15 is 0 Å². The van der Waals surface area contributed by atoms with Crippen LogP contribution in [0.3, 0.4) is 0 Å². The molecule has 2 rings (SSSR count). The third-order valence-corrected chi connectivity index (χ3v) is 3.92. The normalized spacial score (nSPS) is 10.0. The van der Waals surface area contributed by atoms with Gasteiger partial charge in [0.15, 0.2) is 0 Å². The highest BCUT2D eigenvalue weighted by atomic mass is 35.5. The van der Waals surface area contributed by atoms with Crippen molar-refractivity contribution in [1.29, 1.82) is 5.26 Å². The largest absolute Gasteiger partial charge is 0.496 e. The lowest BCUT2D eigenvalue weighted by Crippen LogP contribution is -2.03. The predicted octanol–water partition coefficient (Wildman–Crippen LogP) is 5.14. The van der Waals surface area contributed by atoms with Crippen LogP contribution < -0.4 is 10.1 Å². The molecule has 0 fully saturated rings. The fourth-order valence-electron chi connectivity index (χ4n) is 1.83. The molecule has 0 unspecified atom stereocenters. The Hall–Kier alpha value is -1.60. The van der Waals surface area contributed by atoms with Crippen LogP contribution in [0.4, 0.5) is 5.69 Å². The molecule has 0 amide bonds. The lowest BCUT2D eigenvalue weighted by Gasteiger charge is -2.12. The number of hydrogen-bond donors (Lipinski definition) is 1. The summed E-state index contributed by atoms with van der Waals surface area (Å²) < 4.78 is 5.28. The van der Waals surface area contributed by atoms with E-state index in [1.807, 2.05) is 0 Å². The van der Waals surface area contributed by atoms with Gasteiger partial charge < -0.3 is 10.1 Å². The average Bonchev–Trinajstić information content (AvgIpc) is 2.49. The van der Waals surface area contributed by atoms with Gasteiger partial charge in [0.05, 0.1) is 39.5 Å². The zero-order valence-electron chi connectivity index (χ0n) is 11.1. The smallest absolute Gasteiger partial charge is 0.123 e. The summed E-state index contributed by atoms with van der Waals surface area (Å²) in [5.41, 5.74) is 2.07. The maximum atomic E-state index is 8.96. The first-order valence-electron chi connectivity index (χ1n) is 6.00. The highest BCUT2D eigenvalue weighted by molar-refractivity contribution is 6.44. The van der Waals surface area contributed by atoms with Crippen LogP contribution in [0.1, 0.15) is 11.1 Å². The number of rotatable bonds is 4. The van der Waals surface area contributed by atoms with Crippen LogP contribution in [0.5, 0.6) is 5.75 Å². The molecule has 0 bridgehead atoms. The van der Waals surface area contributed by atoms with Crippen LogP contribution in [0.25, 0.3) is 0 Å². The molecule has 0 aliphatic carbocycles. The van der Waals surface area contributed by atoms with Gasteiger partial charge in [-0.05, 0) is 30.3 Å². The Morgan fingerprint density at radius 3 is 2.48 bits per heavy atom. The Bertz CT molecular complexity index is 711. The van der Waals surface area contributed by atoms with Crippen LogP contribution in [-0.4, -0.2) is 7.11 Å². The highest BCUT2D eigenvalue weighted by Crippen LogP contribution is 2.33. The molecule has 3 nitrogen and oxygen atoms in total. The predicted molar refractivity (Wildman–Crippen MR) is 86.5 cm³/mol. The van der Waals surface area contributed by atoms with Gasteiger partial charge in [-0.3, -0.25) is 0 Å². The number of nitriles is 1. The Labute approximate surface area is 138 Å². The van der Waals surface area contributed by atoms with E-state index in [1.165, 1.54) is 0 Å². The molecular formula is C15H11Cl3N2O. The van der Waals surface area contributed by atoms with Gasteiger partial charge in [0, 0.05) is 12.1 Å². The molecule has 0 spiro atoms. The molecule has 0 radical (unpaired) electrons. The van der Waals surface area contributed by atoms with Crippen LogP contribution in [-0.2, 0) is 6.54 Å². The van der Waals surface area contributed by atoms with Crippen molar-refractivity contribution in [3.63, 3.8) is 0 Å². The zero-order valence-corrected chi connectivity index (χ0v) is 13.4. The van der Waals surface area contributed by atoms with Crippen molar-refractivity contribution in [2.24, 2.45) is 0 Å². The number of methoxy groups -OCH3 is 1. The van der Waals surface area contributed by atoms with Crippen molar-refractivity contribution in [3.05, 3.63) is 56.5 Å². The number of hydrogen-bond acceptors (Lipinski definition) is 3. The fraction of sp³-hybridized carbons (Fsp3) is 0.133. The summed E-state index contributed by atoms with van der Waals surface area (Å²) in [7, 11) is 1.58. The van der Waals surface area contributed by atoms with Crippen molar-refractivity contribution < 1.29 is 4.74 Å². The summed E-state index contributed by atoms with van der Waals surface area (Å²) in [5.74, 6) is 0.692. The summed E-state index contributed by atoms with van der Waals surface area (Å²) in [6.07, 6.45) is 0. The maximum Gasteiger partial charge on any atom is 0.123 e. The Morgan fingerprint density at radius 1 is 1.10 bits per heavy atom. The van der Waals surface area contributed by atoms with Gasteiger partial charge in [-0.25, -0.2) is 0 Å². The number of nitrogens with one attached hydrogen (secondary N) is 1. The minimum absolute atomic E-state index is 0.399. The van der Waals surface area contributed by atoms with Crippen LogP contribution in [0.15, 0.2) is 30.3 Å². The van der Waals surface area contributed by atoms with Crippen LogP contribution >= 0.6 is 34.8 Å². The minimum atomic E-state index is 0.399. The topological polar surface area (TPSA) is 45.0 Å². The molecule has 6 heteroatoms. The van der Waals surface area contributed by atoms with Gasteiger partial charge in [-0.1, -0.05) is 34.8 Å². The van der Waals surface area contributed by atoms with E-state index in [0.717, 1.165) is 5.56 Å². The first-order valence-corrected chi connectivity index (χ1v) is 7.14. The number of nitrogens with zero attached hydrogens (tertiary/aromatic N) is 1. The third kappa shape index (κ3) is 3.74. The molecule has 0 atom stereocenters. The van der Waals surface area contributed by atoms with Crippen molar-refractivity contribution in [2.45, 2.75) is 6.54 Å². The lowest BCUT2D eigenvalue weighted by molar-refractivity contribution is 0.410. The number of benzene rings is 2. The second kappa shape index (κ2) is 6.91. The van der Waals surface area contributed by atoms with E-state index in [0.29, 0.717) is 38.6 Å². The van der Waals surface area contributed by atoms with E-state index in [-0.39, 0.29) is 0 Å². The summed E-state index contributed by atoms with van der Waals surface area (Å²) in [6, 6.07) is 10.6. The van der Waals surface area contributed by atoms with Gasteiger partial charge in [0.1, 0.15) is 5.75 Å². The van der Waals surface area contributed by atoms with E-state index in [1.54, 1.807) is 37.4 Å². The van der Waals surface area contributed by atoms with Crippen molar-refractivity contribution in [3.8, 4) is 11.8 Å². The standard InChI is InChI=1S/C15H11Cl3N2O/c1-21-15-3-2-9(7-19)4-10(15)8-20-14-6-12(17)11(16)5-13(14)18/h2-6,20H,8H2,1H3. The van der Waals surface area contributed by atoms with Gasteiger partial charge in [0.25, 0.3) is 0 Å². The SMILES string of the molecule is COc1ccc(C#N)cc1CNc1cc(Cl)c(Cl)cc1Cl. The van der Waals surface area contributed by atoms with Crippen molar-refractivity contribution in [1.82, 2.24) is 0 Å². The lowest BCUT2D eigenvalue weighted by atomic mass is 10.1. The fourth-order valence-corrected chi connectivity index (χ4v) is 2.45. The Morgan fingerprint density at radius 2 is 1.81 bits per heavy atom. The van der Waals surface area contributed by atoms with E-state index < -0.39 is 0 Å². The zero-order chi connectivity index (χ0) is 15.4. The molecule has 108 valence electrons. The summed E-state index contributed by atoms with van der Waals surface area (Å²) in [5, 5.41) is 13.4. The average molecular weight is 342 g/mol. The number of ether oxygens (including phenoxy) is 1. The first kappa shape index (κ1) is 15.8. The molecule has 0 aromatic heterocycles. The van der Waals surface area contributed by atoms with Crippen LogP contribution in [0, 0.1) is 11.3 Å². The first-order chi connectivity index (χ1) is 10.0. The molecule has 0 saturated carbocycles. The maximum absolute atomic E-state index is 8.96. The molecule has 0 aliphatic rings. The molecule has 0 aliphatic heterocycles. The van der Waals surface area contributed by atoms with Crippen LogP contribution in [0.2, 0.25) is 15.1 Å². The number of halogens is 3. The number of anilines is 1. The second-order valence-electron chi connectivity index (χ2n) is 4.24. The Balaban J connectivity index is 2.24. The molecule has 2 aromatic carbocycles. The van der Waals surface area contributed by atoms with E-state index in [2.05, 4.69) is 11.4 Å². The van der Waals surface area contributed by atoms with Gasteiger partial charge >= 0.3 is 0 Å². The second-order valence-corrected chi connectivity index (χ2v) is 5.46. The van der Waals surface area contributed by atoms with Gasteiger partial charge in [0.2, 0.25) is 0 Å². The summed E-state index contributed by atoms with van der Waals surface area (Å²) >= 11 is 18.0. The quantitative estimate of drug-likeness (QED) is 0.783. The minimum Gasteiger partial charge on any atom is -0.496 e. The Kier molecular flexibility index (Phi) is 5.19. The molecule has 1 N–H and O–H groups in total. The highest BCUT2D eigenvalue weighted by Gasteiger charge is 2.08.